The lowest BCUT2D eigenvalue weighted by Gasteiger charge is -2.30. The van der Waals surface area contributed by atoms with E-state index in [9.17, 15) is 14.0 Å². The molecule has 1 aliphatic carbocycles. The Bertz CT molecular complexity index is 1000. The third-order valence-electron chi connectivity index (χ3n) is 5.75. The molecule has 0 aromatic carbocycles. The van der Waals surface area contributed by atoms with Gasteiger partial charge in [-0.15, -0.1) is 0 Å². The Morgan fingerprint density at radius 2 is 1.97 bits per heavy atom. The van der Waals surface area contributed by atoms with Crippen molar-refractivity contribution < 1.29 is 14.0 Å². The molecule has 1 aliphatic heterocycles. The van der Waals surface area contributed by atoms with Crippen molar-refractivity contribution >= 4 is 34.8 Å². The van der Waals surface area contributed by atoms with Gasteiger partial charge in [-0.2, -0.15) is 0 Å². The first kappa shape index (κ1) is 21.0. The van der Waals surface area contributed by atoms with Crippen LogP contribution in [0.5, 0.6) is 0 Å². The molecule has 2 aromatic rings. The predicted octanol–water partition coefficient (Wildman–Crippen LogP) is 2.27. The number of pyridine rings is 2. The van der Waals surface area contributed by atoms with Crippen molar-refractivity contribution in [1.82, 2.24) is 9.97 Å². The molecule has 164 valence electrons. The Hall–Kier alpha value is -3.27. The van der Waals surface area contributed by atoms with E-state index >= 15 is 0 Å². The van der Waals surface area contributed by atoms with E-state index < -0.39 is 11.7 Å². The molecular formula is C21H26FN7O2. The first-order valence-electron chi connectivity index (χ1n) is 10.5. The van der Waals surface area contributed by atoms with Crippen LogP contribution in [-0.4, -0.2) is 40.4 Å². The van der Waals surface area contributed by atoms with Gasteiger partial charge in [0, 0.05) is 25.0 Å². The van der Waals surface area contributed by atoms with E-state index in [1.165, 1.54) is 6.20 Å². The Kier molecular flexibility index (Phi) is 5.99. The molecule has 1 saturated heterocycles. The first-order chi connectivity index (χ1) is 14.9. The highest BCUT2D eigenvalue weighted by Crippen LogP contribution is 2.28. The summed E-state index contributed by atoms with van der Waals surface area (Å²) < 4.78 is 14.7. The van der Waals surface area contributed by atoms with Crippen molar-refractivity contribution in [2.45, 2.75) is 50.6 Å². The summed E-state index contributed by atoms with van der Waals surface area (Å²) in [7, 11) is 0. The minimum Gasteiger partial charge on any atom is -0.365 e. The molecule has 1 unspecified atom stereocenters. The molecule has 9 nitrogen and oxygen atoms in total. The molecule has 2 aromatic heterocycles. The standard InChI is InChI=1S/C21H26FN7O2/c22-15-9-14(19(24)31)20(28-21(15)27-17-5-2-1-4-16(17)23)26-12-8-13(11-25-10-12)29-7-3-6-18(29)30/h8-11,16-17H,1-7,23H2,(H2,24,31)(H2,26,27,28)/t16-,17?/m0/s1. The minimum absolute atomic E-state index is 0.00804. The van der Waals surface area contributed by atoms with Gasteiger partial charge in [-0.05, 0) is 31.4 Å². The number of amides is 2. The van der Waals surface area contributed by atoms with Gasteiger partial charge in [0.2, 0.25) is 5.91 Å². The highest BCUT2D eigenvalue weighted by Gasteiger charge is 2.25. The second-order valence-corrected chi connectivity index (χ2v) is 7.98. The second-order valence-electron chi connectivity index (χ2n) is 7.98. The van der Waals surface area contributed by atoms with Gasteiger partial charge in [0.05, 0.1) is 29.3 Å². The number of halogens is 1. The summed E-state index contributed by atoms with van der Waals surface area (Å²) in [6.45, 7) is 0.626. The molecule has 3 heterocycles. The number of primary amides is 1. The molecule has 0 radical (unpaired) electrons. The Morgan fingerprint density at radius 1 is 1.16 bits per heavy atom. The van der Waals surface area contributed by atoms with Crippen molar-refractivity contribution in [2.75, 3.05) is 22.1 Å². The minimum atomic E-state index is -0.811. The van der Waals surface area contributed by atoms with Crippen LogP contribution in [0.2, 0.25) is 0 Å². The number of carbonyl (C=O) groups excluding carboxylic acids is 2. The van der Waals surface area contributed by atoms with Gasteiger partial charge in [0.25, 0.3) is 5.91 Å². The summed E-state index contributed by atoms with van der Waals surface area (Å²) >= 11 is 0. The van der Waals surface area contributed by atoms with E-state index in [1.807, 2.05) is 0 Å². The van der Waals surface area contributed by atoms with E-state index in [4.69, 9.17) is 11.5 Å². The van der Waals surface area contributed by atoms with Crippen molar-refractivity contribution in [2.24, 2.45) is 11.5 Å². The van der Waals surface area contributed by atoms with E-state index in [1.54, 1.807) is 17.2 Å². The number of aromatic nitrogens is 2. The zero-order chi connectivity index (χ0) is 22.0. The van der Waals surface area contributed by atoms with Crippen molar-refractivity contribution in [1.29, 1.82) is 0 Å². The molecule has 31 heavy (non-hydrogen) atoms. The maximum atomic E-state index is 14.7. The molecule has 0 bridgehead atoms. The quantitative estimate of drug-likeness (QED) is 0.554. The van der Waals surface area contributed by atoms with Gasteiger partial charge in [-0.1, -0.05) is 12.8 Å². The third-order valence-corrected chi connectivity index (χ3v) is 5.75. The van der Waals surface area contributed by atoms with E-state index in [2.05, 4.69) is 20.6 Å². The Morgan fingerprint density at radius 3 is 2.68 bits per heavy atom. The fourth-order valence-electron chi connectivity index (χ4n) is 4.09. The number of hydrogen-bond donors (Lipinski definition) is 4. The van der Waals surface area contributed by atoms with Gasteiger partial charge >= 0.3 is 0 Å². The van der Waals surface area contributed by atoms with E-state index in [-0.39, 0.29) is 35.2 Å². The fraction of sp³-hybridized carbons (Fsp3) is 0.429. The maximum Gasteiger partial charge on any atom is 0.252 e. The molecule has 2 aliphatic rings. The van der Waals surface area contributed by atoms with Crippen LogP contribution in [0.1, 0.15) is 48.9 Å². The monoisotopic (exact) mass is 427 g/mol. The topological polar surface area (TPSA) is 139 Å². The molecule has 2 amide bonds. The summed E-state index contributed by atoms with van der Waals surface area (Å²) in [5.41, 5.74) is 12.7. The fourth-order valence-corrected chi connectivity index (χ4v) is 4.09. The SMILES string of the molecule is NC(=O)c1cc(F)c(NC2CCCC[C@@H]2N)nc1Nc1cncc(N2CCCC2=O)c1. The number of hydrogen-bond acceptors (Lipinski definition) is 7. The summed E-state index contributed by atoms with van der Waals surface area (Å²) in [6.07, 6.45) is 8.15. The summed E-state index contributed by atoms with van der Waals surface area (Å²) in [5.74, 6) is -1.34. The van der Waals surface area contributed by atoms with Crippen LogP contribution in [0.4, 0.5) is 27.4 Å². The van der Waals surface area contributed by atoms with Crippen molar-refractivity contribution in [3.8, 4) is 0 Å². The molecule has 4 rings (SSSR count). The van der Waals surface area contributed by atoms with Crippen molar-refractivity contribution in [3.05, 3.63) is 35.9 Å². The number of nitrogens with two attached hydrogens (primary N) is 2. The van der Waals surface area contributed by atoms with E-state index in [0.717, 1.165) is 38.2 Å². The average molecular weight is 427 g/mol. The summed E-state index contributed by atoms with van der Waals surface area (Å²) in [6, 6.07) is 2.60. The maximum absolute atomic E-state index is 14.7. The lowest BCUT2D eigenvalue weighted by atomic mass is 9.91. The number of nitrogens with one attached hydrogen (secondary N) is 2. The van der Waals surface area contributed by atoms with Crippen LogP contribution in [0.25, 0.3) is 0 Å². The van der Waals surface area contributed by atoms with Crippen LogP contribution < -0.4 is 27.0 Å². The molecule has 6 N–H and O–H groups in total. The molecule has 0 spiro atoms. The van der Waals surface area contributed by atoms with Crippen molar-refractivity contribution in [3.63, 3.8) is 0 Å². The van der Waals surface area contributed by atoms with Crippen LogP contribution in [0.3, 0.4) is 0 Å². The third kappa shape index (κ3) is 4.58. The van der Waals surface area contributed by atoms with Crippen LogP contribution >= 0.6 is 0 Å². The normalized spacial score (nSPS) is 21.2. The smallest absolute Gasteiger partial charge is 0.252 e. The summed E-state index contributed by atoms with van der Waals surface area (Å²) in [4.78, 5) is 34.1. The largest absolute Gasteiger partial charge is 0.365 e. The Balaban J connectivity index is 1.62. The lowest BCUT2D eigenvalue weighted by molar-refractivity contribution is -0.117. The zero-order valence-electron chi connectivity index (χ0n) is 17.1. The molecular weight excluding hydrogens is 401 g/mol. The van der Waals surface area contributed by atoms with Crippen LogP contribution in [0, 0.1) is 5.82 Å². The average Bonchev–Trinajstić information content (AvgIpc) is 3.18. The highest BCUT2D eigenvalue weighted by atomic mass is 19.1. The number of carbonyl (C=O) groups is 2. The molecule has 1 saturated carbocycles. The zero-order valence-corrected chi connectivity index (χ0v) is 17.1. The van der Waals surface area contributed by atoms with E-state index in [0.29, 0.717) is 24.3 Å². The highest BCUT2D eigenvalue weighted by molar-refractivity contribution is 5.99. The van der Waals surface area contributed by atoms with Crippen LogP contribution in [0.15, 0.2) is 24.5 Å². The number of anilines is 4. The van der Waals surface area contributed by atoms with Gasteiger partial charge in [-0.3, -0.25) is 14.6 Å². The second kappa shape index (κ2) is 8.84. The first-order valence-corrected chi connectivity index (χ1v) is 10.5. The molecule has 2 atom stereocenters. The number of rotatable bonds is 6. The van der Waals surface area contributed by atoms with Gasteiger partial charge < -0.3 is 27.0 Å². The number of nitrogens with zero attached hydrogens (tertiary/aromatic N) is 3. The molecule has 10 heteroatoms. The van der Waals surface area contributed by atoms with Gasteiger partial charge in [-0.25, -0.2) is 9.37 Å². The van der Waals surface area contributed by atoms with Gasteiger partial charge in [0.15, 0.2) is 11.6 Å². The van der Waals surface area contributed by atoms with Gasteiger partial charge in [0.1, 0.15) is 5.82 Å². The Labute approximate surface area is 179 Å². The lowest BCUT2D eigenvalue weighted by Crippen LogP contribution is -2.43. The molecule has 2 fully saturated rings. The summed E-state index contributed by atoms with van der Waals surface area (Å²) in [5, 5.41) is 6.08. The predicted molar refractivity (Wildman–Crippen MR) is 116 cm³/mol. The van der Waals surface area contributed by atoms with Crippen LogP contribution in [-0.2, 0) is 4.79 Å².